The van der Waals surface area contributed by atoms with Crippen LogP contribution in [0.15, 0.2) is 10.9 Å². The van der Waals surface area contributed by atoms with Crippen molar-refractivity contribution < 1.29 is 8.42 Å². The zero-order chi connectivity index (χ0) is 10.4. The number of aromatic nitrogens is 1. The highest BCUT2D eigenvalue weighted by atomic mass is 32.2. The summed E-state index contributed by atoms with van der Waals surface area (Å²) in [6, 6.07) is 1.59. The van der Waals surface area contributed by atoms with E-state index < -0.39 is 15.8 Å². The van der Waals surface area contributed by atoms with Gasteiger partial charge >= 0.3 is 0 Å². The number of nitrogens with one attached hydrogen (secondary N) is 1. The Balaban J connectivity index is 2.32. The van der Waals surface area contributed by atoms with E-state index in [9.17, 15) is 8.42 Å². The van der Waals surface area contributed by atoms with Crippen LogP contribution in [0.4, 0.5) is 0 Å². The fourth-order valence-corrected chi connectivity index (χ4v) is 2.11. The summed E-state index contributed by atoms with van der Waals surface area (Å²) in [6.45, 7) is 0.285. The van der Waals surface area contributed by atoms with Gasteiger partial charge in [0.05, 0.1) is 17.3 Å². The normalized spacial score (nSPS) is 11.1. The first-order valence-corrected chi connectivity index (χ1v) is 6.45. The summed E-state index contributed by atoms with van der Waals surface area (Å²) >= 11 is 1.47. The van der Waals surface area contributed by atoms with Gasteiger partial charge in [-0.15, -0.1) is 11.3 Å². The second-order valence-electron chi connectivity index (χ2n) is 2.54. The summed E-state index contributed by atoms with van der Waals surface area (Å²) in [4.78, 5) is 4.00. The number of hydrogen-bond donors (Lipinski definition) is 1. The third-order valence-electron chi connectivity index (χ3n) is 1.44. The minimum atomic E-state index is -3.42. The van der Waals surface area contributed by atoms with Crippen LogP contribution in [0.2, 0.25) is 0 Å². The van der Waals surface area contributed by atoms with Gasteiger partial charge in [0.1, 0.15) is 0 Å². The molecule has 7 heteroatoms. The van der Waals surface area contributed by atoms with Crippen molar-refractivity contribution in [3.8, 4) is 6.07 Å². The van der Waals surface area contributed by atoms with E-state index in [0.29, 0.717) is 6.42 Å². The molecule has 0 saturated carbocycles. The van der Waals surface area contributed by atoms with Crippen LogP contribution < -0.4 is 4.72 Å². The highest BCUT2D eigenvalue weighted by Gasteiger charge is 2.07. The first kappa shape index (κ1) is 11.1. The number of rotatable bonds is 5. The molecule has 0 amide bonds. The van der Waals surface area contributed by atoms with Crippen LogP contribution in [0, 0.1) is 11.3 Å². The molecule has 14 heavy (non-hydrogen) atoms. The van der Waals surface area contributed by atoms with E-state index in [4.69, 9.17) is 5.26 Å². The smallest absolute Gasteiger partial charge is 0.225 e. The second kappa shape index (κ2) is 5.05. The Labute approximate surface area is 86.5 Å². The molecule has 0 atom stereocenters. The molecule has 0 fully saturated rings. The monoisotopic (exact) mass is 231 g/mol. The van der Waals surface area contributed by atoms with Gasteiger partial charge in [-0.1, -0.05) is 0 Å². The standard InChI is InChI=1S/C7H9N3O2S2/c8-2-4-14(11,12)10-3-1-7-5-13-6-9-7/h5-6,10H,1,3-4H2. The van der Waals surface area contributed by atoms with Crippen LogP contribution in [-0.2, 0) is 16.4 Å². The molecule has 0 bridgehead atoms. The zero-order valence-electron chi connectivity index (χ0n) is 7.30. The highest BCUT2D eigenvalue weighted by Crippen LogP contribution is 2.00. The maximum atomic E-state index is 11.0. The lowest BCUT2D eigenvalue weighted by atomic mass is 10.3. The Bertz CT molecular complexity index is 405. The molecule has 1 rings (SSSR count). The molecule has 76 valence electrons. The van der Waals surface area contributed by atoms with Gasteiger partial charge in [0.25, 0.3) is 0 Å². The van der Waals surface area contributed by atoms with Crippen LogP contribution >= 0.6 is 11.3 Å². The average molecular weight is 231 g/mol. The molecule has 0 aromatic carbocycles. The second-order valence-corrected chi connectivity index (χ2v) is 5.07. The summed E-state index contributed by atoms with van der Waals surface area (Å²) in [6.07, 6.45) is 0.550. The molecule has 0 aliphatic heterocycles. The van der Waals surface area contributed by atoms with Gasteiger partial charge in [-0.2, -0.15) is 5.26 Å². The van der Waals surface area contributed by atoms with Gasteiger partial charge < -0.3 is 0 Å². The van der Waals surface area contributed by atoms with Crippen LogP contribution in [-0.4, -0.2) is 25.7 Å². The first-order valence-electron chi connectivity index (χ1n) is 3.85. The van der Waals surface area contributed by atoms with Crippen LogP contribution in [0.5, 0.6) is 0 Å². The van der Waals surface area contributed by atoms with Crippen molar-refractivity contribution >= 4 is 21.4 Å². The summed E-state index contributed by atoms with van der Waals surface area (Å²) < 4.78 is 24.3. The van der Waals surface area contributed by atoms with Crippen molar-refractivity contribution in [3.05, 3.63) is 16.6 Å². The molecule has 1 N–H and O–H groups in total. The molecule has 0 spiro atoms. The minimum Gasteiger partial charge on any atom is -0.250 e. The Morgan fingerprint density at radius 1 is 1.64 bits per heavy atom. The fourth-order valence-electron chi connectivity index (χ4n) is 0.832. The van der Waals surface area contributed by atoms with Gasteiger partial charge in [-0.25, -0.2) is 18.1 Å². The third-order valence-corrected chi connectivity index (χ3v) is 3.23. The topological polar surface area (TPSA) is 82.8 Å². The van der Waals surface area contributed by atoms with Gasteiger partial charge in [0.15, 0.2) is 5.75 Å². The molecule has 0 radical (unpaired) electrons. The van der Waals surface area contributed by atoms with Crippen molar-refractivity contribution in [2.75, 3.05) is 12.3 Å². The van der Waals surface area contributed by atoms with E-state index >= 15 is 0 Å². The molecule has 0 unspecified atom stereocenters. The summed E-state index contributed by atoms with van der Waals surface area (Å²) in [7, 11) is -3.42. The summed E-state index contributed by atoms with van der Waals surface area (Å²) in [5, 5.41) is 10.1. The molecule has 1 aromatic rings. The zero-order valence-corrected chi connectivity index (χ0v) is 8.94. The number of thiazole rings is 1. The Hall–Kier alpha value is -0.970. The van der Waals surface area contributed by atoms with Crippen LogP contribution in [0.1, 0.15) is 5.69 Å². The average Bonchev–Trinajstić information content (AvgIpc) is 2.56. The van der Waals surface area contributed by atoms with E-state index in [2.05, 4.69) is 9.71 Å². The Morgan fingerprint density at radius 2 is 2.43 bits per heavy atom. The molecular weight excluding hydrogens is 222 g/mol. The van der Waals surface area contributed by atoms with E-state index in [0.717, 1.165) is 5.69 Å². The van der Waals surface area contributed by atoms with Crippen molar-refractivity contribution in [1.29, 1.82) is 5.26 Å². The van der Waals surface area contributed by atoms with Crippen molar-refractivity contribution in [2.24, 2.45) is 0 Å². The van der Waals surface area contributed by atoms with Crippen molar-refractivity contribution in [3.63, 3.8) is 0 Å². The van der Waals surface area contributed by atoms with Gasteiger partial charge in [-0.3, -0.25) is 0 Å². The van der Waals surface area contributed by atoms with E-state index in [1.807, 2.05) is 5.38 Å². The summed E-state index contributed by atoms with van der Waals surface area (Å²) in [5.41, 5.74) is 2.55. The predicted molar refractivity (Wildman–Crippen MR) is 53.2 cm³/mol. The maximum Gasteiger partial charge on any atom is 0.225 e. The van der Waals surface area contributed by atoms with E-state index in [1.54, 1.807) is 11.6 Å². The van der Waals surface area contributed by atoms with Crippen molar-refractivity contribution in [1.82, 2.24) is 9.71 Å². The highest BCUT2D eigenvalue weighted by molar-refractivity contribution is 7.89. The van der Waals surface area contributed by atoms with Crippen LogP contribution in [0.25, 0.3) is 0 Å². The number of hydrogen-bond acceptors (Lipinski definition) is 5. The molecule has 0 aliphatic carbocycles. The number of nitriles is 1. The molecule has 1 heterocycles. The Kier molecular flexibility index (Phi) is 4.00. The Morgan fingerprint density at radius 3 is 3.00 bits per heavy atom. The lowest BCUT2D eigenvalue weighted by Crippen LogP contribution is -2.27. The number of nitrogens with zero attached hydrogens (tertiary/aromatic N) is 2. The third kappa shape index (κ3) is 3.83. The number of sulfonamides is 1. The quantitative estimate of drug-likeness (QED) is 0.780. The lowest BCUT2D eigenvalue weighted by Gasteiger charge is -2.00. The molecule has 5 nitrogen and oxygen atoms in total. The first-order chi connectivity index (χ1) is 6.64. The van der Waals surface area contributed by atoms with Gasteiger partial charge in [0.2, 0.25) is 10.0 Å². The molecule has 0 saturated heterocycles. The van der Waals surface area contributed by atoms with Gasteiger partial charge in [0, 0.05) is 18.3 Å². The van der Waals surface area contributed by atoms with Crippen molar-refractivity contribution in [2.45, 2.75) is 6.42 Å². The van der Waals surface area contributed by atoms with Crippen LogP contribution in [0.3, 0.4) is 0 Å². The lowest BCUT2D eigenvalue weighted by molar-refractivity contribution is 0.585. The summed E-state index contributed by atoms with van der Waals surface area (Å²) in [5.74, 6) is -0.496. The molecule has 0 aliphatic rings. The maximum absolute atomic E-state index is 11.0. The fraction of sp³-hybridized carbons (Fsp3) is 0.429. The molecule has 1 aromatic heterocycles. The predicted octanol–water partition coefficient (Wildman–Crippen LogP) is 0.129. The molecular formula is C7H9N3O2S2. The van der Waals surface area contributed by atoms with E-state index in [1.165, 1.54) is 11.3 Å². The largest absolute Gasteiger partial charge is 0.250 e. The minimum absolute atomic E-state index is 0.285. The van der Waals surface area contributed by atoms with E-state index in [-0.39, 0.29) is 6.54 Å². The van der Waals surface area contributed by atoms with Gasteiger partial charge in [-0.05, 0) is 0 Å². The SMILES string of the molecule is N#CCS(=O)(=O)NCCc1cscn1.